The summed E-state index contributed by atoms with van der Waals surface area (Å²) in [4.78, 5) is 0. The van der Waals surface area contributed by atoms with E-state index in [1.54, 1.807) is 4.68 Å². The van der Waals surface area contributed by atoms with E-state index >= 15 is 0 Å². The van der Waals surface area contributed by atoms with Crippen molar-refractivity contribution in [3.8, 4) is 5.69 Å². The second kappa shape index (κ2) is 5.18. The summed E-state index contributed by atoms with van der Waals surface area (Å²) < 4.78 is 2.80. The van der Waals surface area contributed by atoms with E-state index in [2.05, 4.69) is 36.8 Å². The van der Waals surface area contributed by atoms with Crippen LogP contribution >= 0.6 is 15.9 Å². The number of halogens is 1. The Balaban J connectivity index is 2.26. The average molecular weight is 282 g/mol. The Morgan fingerprint density at radius 3 is 2.75 bits per heavy atom. The number of hydrogen-bond donors (Lipinski definition) is 1. The Bertz CT molecular complexity index is 450. The van der Waals surface area contributed by atoms with E-state index in [4.69, 9.17) is 0 Å². The van der Waals surface area contributed by atoms with Gasteiger partial charge in [-0.1, -0.05) is 15.9 Å². The summed E-state index contributed by atoms with van der Waals surface area (Å²) in [5.41, 5.74) is 0.972. The van der Waals surface area contributed by atoms with E-state index < -0.39 is 0 Å². The molecular weight excluding hydrogens is 270 g/mol. The molecule has 0 unspecified atom stereocenters. The van der Waals surface area contributed by atoms with Gasteiger partial charge >= 0.3 is 0 Å². The number of rotatable bonds is 4. The van der Waals surface area contributed by atoms with Crippen LogP contribution in [0, 0.1) is 0 Å². The highest BCUT2D eigenvalue weighted by Crippen LogP contribution is 2.13. The number of likely N-dealkylation sites (N-methyl/N-ethyl adjacent to an activating group) is 1. The molecule has 1 heterocycles. The minimum atomic E-state index is 0.805. The largest absolute Gasteiger partial charge is 0.319 e. The molecule has 84 valence electrons. The number of aromatic nitrogens is 4. The van der Waals surface area contributed by atoms with Crippen molar-refractivity contribution in [2.24, 2.45) is 0 Å². The van der Waals surface area contributed by atoms with Crippen LogP contribution in [0.4, 0.5) is 0 Å². The maximum atomic E-state index is 4.00. The molecule has 0 aliphatic carbocycles. The van der Waals surface area contributed by atoms with Crippen LogP contribution < -0.4 is 5.32 Å². The Hall–Kier alpha value is -1.27. The van der Waals surface area contributed by atoms with Crippen LogP contribution in [0.2, 0.25) is 0 Å². The minimum absolute atomic E-state index is 0.805. The topological polar surface area (TPSA) is 55.6 Å². The first-order valence-corrected chi connectivity index (χ1v) is 5.78. The molecule has 0 spiro atoms. The van der Waals surface area contributed by atoms with Crippen molar-refractivity contribution in [3.63, 3.8) is 0 Å². The zero-order valence-electron chi connectivity index (χ0n) is 8.89. The summed E-state index contributed by atoms with van der Waals surface area (Å²) >= 11 is 3.40. The highest BCUT2D eigenvalue weighted by Gasteiger charge is 2.06. The summed E-state index contributed by atoms with van der Waals surface area (Å²) in [6.07, 6.45) is 0.805. The van der Waals surface area contributed by atoms with Gasteiger partial charge in [-0.05, 0) is 41.7 Å². The second-order valence-electron chi connectivity index (χ2n) is 3.34. The lowest BCUT2D eigenvalue weighted by molar-refractivity contribution is 0.716. The maximum absolute atomic E-state index is 4.00. The molecule has 2 rings (SSSR count). The van der Waals surface area contributed by atoms with Gasteiger partial charge in [0.1, 0.15) is 0 Å². The predicted octanol–water partition coefficient (Wildman–Crippen LogP) is 1.19. The predicted molar refractivity (Wildman–Crippen MR) is 64.5 cm³/mol. The van der Waals surface area contributed by atoms with Crippen molar-refractivity contribution in [2.75, 3.05) is 13.6 Å². The SMILES string of the molecule is CNCCc1nnnn1-c1ccc(Br)cc1. The molecule has 0 fully saturated rings. The zero-order valence-corrected chi connectivity index (χ0v) is 10.5. The van der Waals surface area contributed by atoms with E-state index in [0.717, 1.165) is 29.0 Å². The fourth-order valence-electron chi connectivity index (χ4n) is 1.38. The van der Waals surface area contributed by atoms with Crippen LogP contribution in [0.25, 0.3) is 5.69 Å². The molecule has 16 heavy (non-hydrogen) atoms. The van der Waals surface area contributed by atoms with Crippen molar-refractivity contribution in [1.29, 1.82) is 0 Å². The number of hydrogen-bond acceptors (Lipinski definition) is 4. The van der Waals surface area contributed by atoms with Gasteiger partial charge in [0.05, 0.1) is 5.69 Å². The average Bonchev–Trinajstić information content (AvgIpc) is 2.75. The monoisotopic (exact) mass is 281 g/mol. The summed E-state index contributed by atoms with van der Waals surface area (Å²) in [7, 11) is 1.91. The van der Waals surface area contributed by atoms with Gasteiger partial charge in [0.2, 0.25) is 0 Å². The van der Waals surface area contributed by atoms with E-state index in [1.165, 1.54) is 0 Å². The molecule has 0 saturated heterocycles. The van der Waals surface area contributed by atoms with Crippen LogP contribution in [0.1, 0.15) is 5.82 Å². The van der Waals surface area contributed by atoms with E-state index in [-0.39, 0.29) is 0 Å². The first-order chi connectivity index (χ1) is 7.81. The van der Waals surface area contributed by atoms with Crippen LogP contribution in [-0.4, -0.2) is 33.8 Å². The molecule has 0 atom stereocenters. The van der Waals surface area contributed by atoms with Gasteiger partial charge in [0, 0.05) is 17.4 Å². The van der Waals surface area contributed by atoms with Gasteiger partial charge in [-0.15, -0.1) is 5.10 Å². The van der Waals surface area contributed by atoms with Gasteiger partial charge < -0.3 is 5.32 Å². The van der Waals surface area contributed by atoms with E-state index in [0.29, 0.717) is 0 Å². The number of nitrogens with one attached hydrogen (secondary N) is 1. The second-order valence-corrected chi connectivity index (χ2v) is 4.25. The molecule has 2 aromatic rings. The Morgan fingerprint density at radius 1 is 1.31 bits per heavy atom. The standard InChI is InChI=1S/C10H12BrN5/c1-12-7-6-10-13-14-15-16(10)9-4-2-8(11)3-5-9/h2-5,12H,6-7H2,1H3. The quantitative estimate of drug-likeness (QED) is 0.915. The minimum Gasteiger partial charge on any atom is -0.319 e. The number of tetrazole rings is 1. The highest BCUT2D eigenvalue weighted by atomic mass is 79.9. The summed E-state index contributed by atoms with van der Waals surface area (Å²) in [6.45, 7) is 0.858. The molecule has 1 aromatic heterocycles. The first kappa shape index (κ1) is 11.2. The lowest BCUT2D eigenvalue weighted by Gasteiger charge is -2.04. The molecule has 1 N–H and O–H groups in total. The Labute approximate surface area is 102 Å². The first-order valence-electron chi connectivity index (χ1n) is 4.99. The third-order valence-corrected chi connectivity index (χ3v) is 2.73. The molecular formula is C10H12BrN5. The zero-order chi connectivity index (χ0) is 11.4. The van der Waals surface area contributed by atoms with Crippen molar-refractivity contribution in [1.82, 2.24) is 25.5 Å². The summed E-state index contributed by atoms with van der Waals surface area (Å²) in [5.74, 6) is 0.858. The summed E-state index contributed by atoms with van der Waals surface area (Å²) in [6, 6.07) is 7.89. The fourth-order valence-corrected chi connectivity index (χ4v) is 1.65. The van der Waals surface area contributed by atoms with Crippen molar-refractivity contribution in [2.45, 2.75) is 6.42 Å². The van der Waals surface area contributed by atoms with Crippen molar-refractivity contribution in [3.05, 3.63) is 34.6 Å². The highest BCUT2D eigenvalue weighted by molar-refractivity contribution is 9.10. The maximum Gasteiger partial charge on any atom is 0.157 e. The lowest BCUT2D eigenvalue weighted by atomic mass is 10.3. The molecule has 0 amide bonds. The van der Waals surface area contributed by atoms with Crippen LogP contribution in [-0.2, 0) is 6.42 Å². The number of nitrogens with zero attached hydrogens (tertiary/aromatic N) is 4. The van der Waals surface area contributed by atoms with Gasteiger partial charge in [0.15, 0.2) is 5.82 Å². The fraction of sp³-hybridized carbons (Fsp3) is 0.300. The van der Waals surface area contributed by atoms with Crippen molar-refractivity contribution >= 4 is 15.9 Å². The van der Waals surface area contributed by atoms with Gasteiger partial charge in [0.25, 0.3) is 0 Å². The molecule has 0 bridgehead atoms. The molecule has 5 nitrogen and oxygen atoms in total. The third kappa shape index (κ3) is 2.45. The Morgan fingerprint density at radius 2 is 2.06 bits per heavy atom. The van der Waals surface area contributed by atoms with E-state index in [9.17, 15) is 0 Å². The molecule has 1 aromatic carbocycles. The molecule has 0 saturated carbocycles. The molecule has 0 radical (unpaired) electrons. The van der Waals surface area contributed by atoms with Gasteiger partial charge in [-0.25, -0.2) is 0 Å². The third-order valence-electron chi connectivity index (χ3n) is 2.20. The molecule has 6 heteroatoms. The lowest BCUT2D eigenvalue weighted by Crippen LogP contribution is -2.14. The van der Waals surface area contributed by atoms with Crippen LogP contribution in [0.15, 0.2) is 28.7 Å². The molecule has 0 aliphatic heterocycles. The van der Waals surface area contributed by atoms with Crippen LogP contribution in [0.5, 0.6) is 0 Å². The number of benzene rings is 1. The van der Waals surface area contributed by atoms with Crippen molar-refractivity contribution < 1.29 is 0 Å². The summed E-state index contributed by atoms with van der Waals surface area (Å²) in [5, 5.41) is 14.8. The molecule has 0 aliphatic rings. The van der Waals surface area contributed by atoms with Gasteiger partial charge in [-0.2, -0.15) is 4.68 Å². The smallest absolute Gasteiger partial charge is 0.157 e. The van der Waals surface area contributed by atoms with E-state index in [1.807, 2.05) is 31.3 Å². The Kier molecular flexibility index (Phi) is 3.63. The normalized spacial score (nSPS) is 10.6. The van der Waals surface area contributed by atoms with Crippen LogP contribution in [0.3, 0.4) is 0 Å². The van der Waals surface area contributed by atoms with Gasteiger partial charge in [-0.3, -0.25) is 0 Å².